The number of nitro groups is 1. The Balaban J connectivity index is 1.21. The Hall–Kier alpha value is -3.23. The van der Waals surface area contributed by atoms with Gasteiger partial charge in [0.1, 0.15) is 5.69 Å². The predicted molar refractivity (Wildman–Crippen MR) is 120 cm³/mol. The second-order valence-electron chi connectivity index (χ2n) is 9.55. The molecule has 4 aliphatic rings. The van der Waals surface area contributed by atoms with Crippen molar-refractivity contribution in [1.82, 2.24) is 10.2 Å². The summed E-state index contributed by atoms with van der Waals surface area (Å²) >= 11 is 0. The molecule has 174 valence electrons. The summed E-state index contributed by atoms with van der Waals surface area (Å²) in [5.41, 5.74) is 0.304. The maximum absolute atomic E-state index is 12.8. The van der Waals surface area contributed by atoms with E-state index < -0.39 is 4.92 Å². The van der Waals surface area contributed by atoms with E-state index in [2.05, 4.69) is 10.6 Å². The third-order valence-corrected chi connectivity index (χ3v) is 7.61. The van der Waals surface area contributed by atoms with E-state index >= 15 is 0 Å². The van der Waals surface area contributed by atoms with Crippen LogP contribution in [-0.2, 0) is 9.59 Å². The number of carbonyl (C=O) groups is 3. The van der Waals surface area contributed by atoms with Gasteiger partial charge in [0.25, 0.3) is 11.6 Å². The number of allylic oxidation sites excluding steroid dienone is 2. The Kier molecular flexibility index (Phi) is 5.64. The summed E-state index contributed by atoms with van der Waals surface area (Å²) in [6.07, 6.45) is 10.2. The lowest BCUT2D eigenvalue weighted by Crippen LogP contribution is -2.36. The number of hydrogen-bond donors (Lipinski definition) is 2. The summed E-state index contributed by atoms with van der Waals surface area (Å²) in [5.74, 6) is -0.751. The van der Waals surface area contributed by atoms with Crippen molar-refractivity contribution in [3.63, 3.8) is 0 Å². The van der Waals surface area contributed by atoms with Gasteiger partial charge >= 0.3 is 0 Å². The van der Waals surface area contributed by atoms with E-state index in [0.717, 1.165) is 32.1 Å². The highest BCUT2D eigenvalue weighted by Gasteiger charge is 2.58. The van der Waals surface area contributed by atoms with Gasteiger partial charge in [-0.1, -0.05) is 31.4 Å². The Morgan fingerprint density at radius 1 is 1.06 bits per heavy atom. The number of amides is 3. The van der Waals surface area contributed by atoms with Gasteiger partial charge in [0.2, 0.25) is 11.8 Å². The molecule has 33 heavy (non-hydrogen) atoms. The zero-order chi connectivity index (χ0) is 23.1. The average molecular weight is 453 g/mol. The van der Waals surface area contributed by atoms with Crippen molar-refractivity contribution in [3.05, 3.63) is 46.0 Å². The molecule has 0 radical (unpaired) electrons. The first-order valence-electron chi connectivity index (χ1n) is 11.8. The van der Waals surface area contributed by atoms with Crippen LogP contribution in [0.4, 0.5) is 11.4 Å². The molecule has 1 heterocycles. The second kappa shape index (κ2) is 8.61. The molecule has 1 saturated heterocycles. The van der Waals surface area contributed by atoms with Crippen LogP contribution < -0.4 is 10.6 Å². The van der Waals surface area contributed by atoms with E-state index in [1.54, 1.807) is 6.07 Å². The number of carbonyl (C=O) groups excluding carboxylic acids is 3. The van der Waals surface area contributed by atoms with Crippen LogP contribution in [0.25, 0.3) is 0 Å². The molecule has 3 amide bonds. The number of likely N-dealkylation sites (tertiary alicyclic amines) is 1. The van der Waals surface area contributed by atoms with Crippen molar-refractivity contribution in [2.45, 2.75) is 44.6 Å². The summed E-state index contributed by atoms with van der Waals surface area (Å²) in [7, 11) is 0. The van der Waals surface area contributed by atoms with Gasteiger partial charge < -0.3 is 10.6 Å². The smallest absolute Gasteiger partial charge is 0.293 e. The van der Waals surface area contributed by atoms with Crippen LogP contribution in [0.3, 0.4) is 0 Å². The van der Waals surface area contributed by atoms with Gasteiger partial charge in [0, 0.05) is 30.8 Å². The molecular formula is C24H28N4O5. The number of nitrogens with one attached hydrogen (secondary N) is 2. The third-order valence-electron chi connectivity index (χ3n) is 7.61. The number of nitrogens with zero attached hydrogens (tertiary/aromatic N) is 2. The number of benzene rings is 1. The van der Waals surface area contributed by atoms with Gasteiger partial charge in [-0.25, -0.2) is 0 Å². The van der Waals surface area contributed by atoms with E-state index in [0.29, 0.717) is 0 Å². The highest BCUT2D eigenvalue weighted by atomic mass is 16.6. The Morgan fingerprint density at radius 2 is 1.73 bits per heavy atom. The van der Waals surface area contributed by atoms with Crippen molar-refractivity contribution >= 4 is 29.1 Å². The number of rotatable bonds is 7. The van der Waals surface area contributed by atoms with E-state index in [1.807, 2.05) is 12.2 Å². The van der Waals surface area contributed by atoms with Gasteiger partial charge in [-0.3, -0.25) is 29.4 Å². The lowest BCUT2D eigenvalue weighted by atomic mass is 9.85. The molecule has 2 bridgehead atoms. The maximum atomic E-state index is 12.8. The summed E-state index contributed by atoms with van der Waals surface area (Å²) in [6.45, 7) is 0.360. The first kappa shape index (κ1) is 21.6. The molecule has 3 aliphatic carbocycles. The van der Waals surface area contributed by atoms with E-state index in [4.69, 9.17) is 0 Å². The van der Waals surface area contributed by atoms with Crippen LogP contribution in [0.2, 0.25) is 0 Å². The molecule has 0 aromatic heterocycles. The summed E-state index contributed by atoms with van der Waals surface area (Å²) < 4.78 is 0. The first-order chi connectivity index (χ1) is 15.9. The van der Waals surface area contributed by atoms with Gasteiger partial charge in [0.05, 0.1) is 16.8 Å². The zero-order valence-corrected chi connectivity index (χ0v) is 18.4. The topological polar surface area (TPSA) is 122 Å². The average Bonchev–Trinajstić information content (AvgIpc) is 3.49. The Labute approximate surface area is 191 Å². The van der Waals surface area contributed by atoms with Gasteiger partial charge in [-0.2, -0.15) is 0 Å². The first-order valence-corrected chi connectivity index (χ1v) is 11.8. The van der Waals surface area contributed by atoms with Crippen LogP contribution in [-0.4, -0.2) is 46.7 Å². The Bertz CT molecular complexity index is 1000. The fourth-order valence-corrected chi connectivity index (χ4v) is 5.98. The normalized spacial score (nSPS) is 28.3. The molecule has 4 atom stereocenters. The fourth-order valence-electron chi connectivity index (χ4n) is 5.98. The van der Waals surface area contributed by atoms with Gasteiger partial charge in [0.15, 0.2) is 0 Å². The highest BCUT2D eigenvalue weighted by Crippen LogP contribution is 2.52. The van der Waals surface area contributed by atoms with E-state index in [1.165, 1.54) is 23.5 Å². The number of fused-ring (bicyclic) bond motifs is 5. The molecule has 9 nitrogen and oxygen atoms in total. The molecule has 1 aromatic carbocycles. The molecule has 0 unspecified atom stereocenters. The van der Waals surface area contributed by atoms with Crippen molar-refractivity contribution < 1.29 is 19.3 Å². The van der Waals surface area contributed by atoms with Crippen molar-refractivity contribution in [2.24, 2.45) is 23.7 Å². The zero-order valence-electron chi connectivity index (χ0n) is 18.4. The molecule has 2 N–H and O–H groups in total. The summed E-state index contributed by atoms with van der Waals surface area (Å²) in [5, 5.41) is 17.6. The standard InChI is InChI=1S/C24H28N4O5/c29-22(26-17-4-2-1-3-5-17)16-8-9-18(19(13-16)28(32)33)25-10-11-27-23(30)20-14-6-7-15(12-14)21(20)24(27)31/h6-9,13-15,17,20-21,25H,1-5,10-12H2,(H,26,29)/t14-,15-,20+,21+/m0/s1. The summed E-state index contributed by atoms with van der Waals surface area (Å²) in [6, 6.07) is 4.47. The Morgan fingerprint density at radius 3 is 2.36 bits per heavy atom. The van der Waals surface area contributed by atoms with Gasteiger partial charge in [-0.15, -0.1) is 0 Å². The van der Waals surface area contributed by atoms with E-state index in [9.17, 15) is 24.5 Å². The van der Waals surface area contributed by atoms with Crippen molar-refractivity contribution in [2.75, 3.05) is 18.4 Å². The lowest BCUT2D eigenvalue weighted by molar-refractivity contribution is -0.384. The molecule has 0 spiro atoms. The molecule has 5 rings (SSSR count). The molecular weight excluding hydrogens is 424 g/mol. The van der Waals surface area contributed by atoms with Crippen LogP contribution in [0.15, 0.2) is 30.4 Å². The minimum Gasteiger partial charge on any atom is -0.378 e. The number of imide groups is 1. The van der Waals surface area contributed by atoms with Crippen LogP contribution in [0.1, 0.15) is 48.9 Å². The number of nitro benzene ring substituents is 1. The minimum absolute atomic E-state index is 0.114. The van der Waals surface area contributed by atoms with Crippen LogP contribution >= 0.6 is 0 Å². The second-order valence-corrected chi connectivity index (χ2v) is 9.55. The minimum atomic E-state index is -0.528. The lowest BCUT2D eigenvalue weighted by Gasteiger charge is -2.22. The SMILES string of the molecule is O=C(NC1CCCCC1)c1ccc(NCCN2C(=O)[C@H]3[C@H](C2=O)[C@H]2C=C[C@H]3C2)c([N+](=O)[O-])c1. The van der Waals surface area contributed by atoms with Gasteiger partial charge in [-0.05, 0) is 43.2 Å². The molecule has 3 fully saturated rings. The quantitative estimate of drug-likeness (QED) is 0.284. The van der Waals surface area contributed by atoms with E-state index in [-0.39, 0.29) is 77.5 Å². The number of anilines is 1. The van der Waals surface area contributed by atoms with Crippen LogP contribution in [0, 0.1) is 33.8 Å². The van der Waals surface area contributed by atoms with Crippen LogP contribution in [0.5, 0.6) is 0 Å². The maximum Gasteiger partial charge on any atom is 0.293 e. The highest BCUT2D eigenvalue weighted by molar-refractivity contribution is 6.06. The molecule has 9 heteroatoms. The van der Waals surface area contributed by atoms with Crippen molar-refractivity contribution in [1.29, 1.82) is 0 Å². The van der Waals surface area contributed by atoms with Crippen molar-refractivity contribution in [3.8, 4) is 0 Å². The fraction of sp³-hybridized carbons (Fsp3) is 0.542. The molecule has 2 saturated carbocycles. The third kappa shape index (κ3) is 3.89. The molecule has 1 aromatic rings. The predicted octanol–water partition coefficient (Wildman–Crippen LogP) is 2.88. The molecule has 1 aliphatic heterocycles. The largest absolute Gasteiger partial charge is 0.378 e. The summed E-state index contributed by atoms with van der Waals surface area (Å²) in [4.78, 5) is 50.5. The number of hydrogen-bond acceptors (Lipinski definition) is 6. The monoisotopic (exact) mass is 452 g/mol.